The number of methoxy groups -OCH3 is 1. The van der Waals surface area contributed by atoms with Crippen LogP contribution in [0.3, 0.4) is 0 Å². The molecule has 0 spiro atoms. The van der Waals surface area contributed by atoms with E-state index in [4.69, 9.17) is 4.74 Å². The Morgan fingerprint density at radius 1 is 1.39 bits per heavy atom. The predicted molar refractivity (Wildman–Crippen MR) is 66.2 cm³/mol. The zero-order chi connectivity index (χ0) is 13.0. The van der Waals surface area contributed by atoms with Gasteiger partial charge in [0.05, 0.1) is 13.3 Å². The van der Waals surface area contributed by atoms with Crippen LogP contribution in [0.4, 0.5) is 0 Å². The van der Waals surface area contributed by atoms with Crippen LogP contribution in [0.5, 0.6) is 0 Å². The van der Waals surface area contributed by atoms with Crippen molar-refractivity contribution in [3.05, 3.63) is 47.8 Å². The Bertz CT molecular complexity index is 534. The van der Waals surface area contributed by atoms with E-state index in [1.54, 1.807) is 18.6 Å². The summed E-state index contributed by atoms with van der Waals surface area (Å²) in [5.74, 6) is 0.454. The molecule has 0 aliphatic carbocycles. The summed E-state index contributed by atoms with van der Waals surface area (Å²) >= 11 is 0. The zero-order valence-electron chi connectivity index (χ0n) is 10.5. The minimum atomic E-state index is -0.356. The first-order valence-corrected chi connectivity index (χ1v) is 5.71. The van der Waals surface area contributed by atoms with Crippen LogP contribution >= 0.6 is 0 Å². The fourth-order valence-electron chi connectivity index (χ4n) is 1.81. The van der Waals surface area contributed by atoms with Crippen molar-refractivity contribution in [2.24, 2.45) is 0 Å². The van der Waals surface area contributed by atoms with Crippen LogP contribution in [0.2, 0.25) is 0 Å². The largest absolute Gasteiger partial charge is 0.464 e. The maximum Gasteiger partial charge on any atom is 0.356 e. The van der Waals surface area contributed by atoms with Gasteiger partial charge < -0.3 is 9.30 Å². The highest BCUT2D eigenvalue weighted by molar-refractivity contribution is 5.87. The number of pyridine rings is 1. The topological polar surface area (TPSA) is 57.0 Å². The summed E-state index contributed by atoms with van der Waals surface area (Å²) in [6.45, 7) is 2.57. The summed E-state index contributed by atoms with van der Waals surface area (Å²) < 4.78 is 6.60. The molecule has 2 aromatic heterocycles. The van der Waals surface area contributed by atoms with Crippen LogP contribution in [-0.4, -0.2) is 27.6 Å². The predicted octanol–water partition coefficient (Wildman–Crippen LogP) is 1.62. The Labute approximate surface area is 105 Å². The van der Waals surface area contributed by atoms with Crippen LogP contribution in [0.15, 0.2) is 30.7 Å². The van der Waals surface area contributed by atoms with E-state index in [9.17, 15) is 4.79 Å². The van der Waals surface area contributed by atoms with Crippen LogP contribution in [-0.2, 0) is 17.7 Å². The molecule has 2 rings (SSSR count). The molecule has 2 aromatic rings. The number of hydrogen-bond donors (Lipinski definition) is 0. The molecule has 0 N–H and O–H groups in total. The average Bonchev–Trinajstić information content (AvgIpc) is 2.78. The second kappa shape index (κ2) is 5.44. The molecule has 2 heterocycles. The molecule has 0 bridgehead atoms. The Morgan fingerprint density at radius 3 is 2.78 bits per heavy atom. The average molecular weight is 245 g/mol. The number of carbonyl (C=O) groups is 1. The Hall–Kier alpha value is -2.17. The van der Waals surface area contributed by atoms with Crippen molar-refractivity contribution in [1.82, 2.24) is 14.5 Å². The summed E-state index contributed by atoms with van der Waals surface area (Å²) in [6, 6.07) is 3.92. The van der Waals surface area contributed by atoms with Gasteiger partial charge in [-0.1, -0.05) is 0 Å². The van der Waals surface area contributed by atoms with Crippen LogP contribution in [0, 0.1) is 6.92 Å². The molecule has 5 heteroatoms. The van der Waals surface area contributed by atoms with E-state index >= 15 is 0 Å². The van der Waals surface area contributed by atoms with Crippen molar-refractivity contribution in [1.29, 1.82) is 0 Å². The number of rotatable bonds is 4. The minimum Gasteiger partial charge on any atom is -0.464 e. The Morgan fingerprint density at radius 2 is 2.11 bits per heavy atom. The highest BCUT2D eigenvalue weighted by Gasteiger charge is 2.14. The van der Waals surface area contributed by atoms with Gasteiger partial charge in [-0.25, -0.2) is 9.78 Å². The number of ether oxygens (including phenoxy) is 1. The number of aryl methyl sites for hydroxylation is 2. The lowest BCUT2D eigenvalue weighted by atomic mass is 10.2. The first-order valence-electron chi connectivity index (χ1n) is 5.71. The lowest BCUT2D eigenvalue weighted by Gasteiger charge is -2.08. The third kappa shape index (κ3) is 2.56. The fourth-order valence-corrected chi connectivity index (χ4v) is 1.81. The van der Waals surface area contributed by atoms with E-state index in [0.717, 1.165) is 12.2 Å². The first-order chi connectivity index (χ1) is 8.72. The van der Waals surface area contributed by atoms with E-state index < -0.39 is 0 Å². The number of hydrogen-bond acceptors (Lipinski definition) is 4. The Kier molecular flexibility index (Phi) is 3.72. The van der Waals surface area contributed by atoms with Gasteiger partial charge in [0.1, 0.15) is 11.5 Å². The van der Waals surface area contributed by atoms with Crippen molar-refractivity contribution in [3.8, 4) is 0 Å². The van der Waals surface area contributed by atoms with Gasteiger partial charge in [-0.3, -0.25) is 4.98 Å². The highest BCUT2D eigenvalue weighted by atomic mass is 16.5. The number of esters is 1. The molecule has 94 valence electrons. The molecule has 0 aliphatic heterocycles. The molecule has 0 aliphatic rings. The molecule has 0 fully saturated rings. The van der Waals surface area contributed by atoms with Gasteiger partial charge >= 0.3 is 5.97 Å². The molecule has 0 saturated heterocycles. The molecule has 5 nitrogen and oxygen atoms in total. The van der Waals surface area contributed by atoms with E-state index in [2.05, 4.69) is 9.97 Å². The molecular weight excluding hydrogens is 230 g/mol. The van der Waals surface area contributed by atoms with Crippen molar-refractivity contribution in [2.75, 3.05) is 7.11 Å². The number of aromatic nitrogens is 3. The van der Waals surface area contributed by atoms with Crippen molar-refractivity contribution in [2.45, 2.75) is 19.9 Å². The maximum absolute atomic E-state index is 11.6. The Balaban J connectivity index is 2.14. The van der Waals surface area contributed by atoms with Crippen LogP contribution in [0.1, 0.15) is 21.9 Å². The van der Waals surface area contributed by atoms with Gasteiger partial charge in [-0.15, -0.1) is 0 Å². The lowest BCUT2D eigenvalue weighted by molar-refractivity contribution is 0.0588. The van der Waals surface area contributed by atoms with Crippen molar-refractivity contribution in [3.63, 3.8) is 0 Å². The van der Waals surface area contributed by atoms with Gasteiger partial charge in [0.15, 0.2) is 0 Å². The normalized spacial score (nSPS) is 10.3. The molecule has 0 saturated carbocycles. The summed E-state index contributed by atoms with van der Waals surface area (Å²) in [5, 5.41) is 0. The minimum absolute atomic E-state index is 0.356. The monoisotopic (exact) mass is 245 g/mol. The number of nitrogens with zero attached hydrogens (tertiary/aromatic N) is 3. The first kappa shape index (κ1) is 12.3. The fraction of sp³-hybridized carbons (Fsp3) is 0.308. The summed E-state index contributed by atoms with van der Waals surface area (Å²) in [6.07, 6.45) is 5.89. The van der Waals surface area contributed by atoms with Crippen LogP contribution < -0.4 is 0 Å². The lowest BCUT2D eigenvalue weighted by Crippen LogP contribution is -2.13. The third-order valence-electron chi connectivity index (χ3n) is 2.82. The highest BCUT2D eigenvalue weighted by Crippen LogP contribution is 2.09. The molecule has 0 atom stereocenters. The summed E-state index contributed by atoms with van der Waals surface area (Å²) in [7, 11) is 1.37. The van der Waals surface area contributed by atoms with Gasteiger partial charge in [-0.05, 0) is 31.0 Å². The van der Waals surface area contributed by atoms with Gasteiger partial charge in [0.25, 0.3) is 0 Å². The molecule has 0 unspecified atom stereocenters. The van der Waals surface area contributed by atoms with Crippen LogP contribution in [0.25, 0.3) is 0 Å². The van der Waals surface area contributed by atoms with Crippen molar-refractivity contribution >= 4 is 5.97 Å². The van der Waals surface area contributed by atoms with Gasteiger partial charge in [0.2, 0.25) is 0 Å². The molecule has 18 heavy (non-hydrogen) atoms. The molecule has 0 radical (unpaired) electrons. The molecule has 0 aromatic carbocycles. The molecular formula is C13H15N3O2. The smallest absolute Gasteiger partial charge is 0.356 e. The van der Waals surface area contributed by atoms with Crippen molar-refractivity contribution < 1.29 is 9.53 Å². The summed E-state index contributed by atoms with van der Waals surface area (Å²) in [4.78, 5) is 19.7. The third-order valence-corrected chi connectivity index (χ3v) is 2.82. The second-order valence-electron chi connectivity index (χ2n) is 3.94. The number of carbonyl (C=O) groups excluding carboxylic acids is 1. The quantitative estimate of drug-likeness (QED) is 0.768. The van der Waals surface area contributed by atoms with E-state index in [-0.39, 0.29) is 5.97 Å². The molecule has 0 amide bonds. The SMILES string of the molecule is COC(=O)c1cnc(C)n1CCc1ccncc1. The van der Waals surface area contributed by atoms with E-state index in [1.807, 2.05) is 23.6 Å². The summed E-state index contributed by atoms with van der Waals surface area (Å²) in [5.41, 5.74) is 1.66. The van der Waals surface area contributed by atoms with Gasteiger partial charge in [-0.2, -0.15) is 0 Å². The van der Waals surface area contributed by atoms with E-state index in [1.165, 1.54) is 12.7 Å². The zero-order valence-corrected chi connectivity index (χ0v) is 10.5. The number of imidazole rings is 1. The van der Waals surface area contributed by atoms with Gasteiger partial charge in [0, 0.05) is 18.9 Å². The maximum atomic E-state index is 11.6. The second-order valence-corrected chi connectivity index (χ2v) is 3.94. The standard InChI is InChI=1S/C13H15N3O2/c1-10-15-9-12(13(17)18-2)16(10)8-5-11-3-6-14-7-4-11/h3-4,6-7,9H,5,8H2,1-2H3. The van der Waals surface area contributed by atoms with E-state index in [0.29, 0.717) is 12.2 Å².